The molecule has 3 unspecified atom stereocenters. The van der Waals surface area contributed by atoms with Crippen molar-refractivity contribution >= 4 is 17.7 Å². The molecule has 1 heterocycles. The normalized spacial score (nSPS) is 27.8. The van der Waals surface area contributed by atoms with Gasteiger partial charge in [-0.3, -0.25) is 4.79 Å². The highest BCUT2D eigenvalue weighted by Crippen LogP contribution is 2.26. The van der Waals surface area contributed by atoms with Gasteiger partial charge >= 0.3 is 5.97 Å². The highest BCUT2D eigenvalue weighted by atomic mass is 32.2. The Bertz CT molecular complexity index is 233. The number of ether oxygens (including phenoxy) is 1. The number of rotatable bonds is 4. The Hall–Kier alpha value is -0.220. The first kappa shape index (κ1) is 13.8. The third-order valence-electron chi connectivity index (χ3n) is 3.12. The molecule has 1 saturated heterocycles. The number of methoxy groups -OCH3 is 1. The number of hydrogen-bond donors (Lipinski definition) is 1. The average Bonchev–Trinajstić information content (AvgIpc) is 2.26. The summed E-state index contributed by atoms with van der Waals surface area (Å²) < 4.78 is 4.84. The maximum absolute atomic E-state index is 11.6. The molecule has 0 aromatic rings. The Labute approximate surface area is 103 Å². The first-order valence-corrected chi connectivity index (χ1v) is 7.06. The molecule has 3 atom stereocenters. The van der Waals surface area contributed by atoms with E-state index in [0.29, 0.717) is 11.3 Å². The van der Waals surface area contributed by atoms with Crippen LogP contribution in [0.1, 0.15) is 33.6 Å². The summed E-state index contributed by atoms with van der Waals surface area (Å²) in [6.45, 7) is 6.33. The van der Waals surface area contributed by atoms with Gasteiger partial charge in [-0.1, -0.05) is 20.8 Å². The second-order valence-corrected chi connectivity index (χ2v) is 6.22. The van der Waals surface area contributed by atoms with Gasteiger partial charge in [0, 0.05) is 11.3 Å². The van der Waals surface area contributed by atoms with Crippen LogP contribution in [0.2, 0.25) is 0 Å². The van der Waals surface area contributed by atoms with Crippen LogP contribution in [0.3, 0.4) is 0 Å². The lowest BCUT2D eigenvalue weighted by atomic mass is 10.0. The minimum Gasteiger partial charge on any atom is -0.468 e. The summed E-state index contributed by atoms with van der Waals surface area (Å²) in [7, 11) is 1.46. The van der Waals surface area contributed by atoms with Gasteiger partial charge in [-0.25, -0.2) is 0 Å². The lowest BCUT2D eigenvalue weighted by Gasteiger charge is -2.33. The molecular formula is C12H23NO2S. The number of hydrogen-bond acceptors (Lipinski definition) is 4. The van der Waals surface area contributed by atoms with Crippen molar-refractivity contribution in [2.45, 2.75) is 50.9 Å². The monoisotopic (exact) mass is 245 g/mol. The van der Waals surface area contributed by atoms with Crippen LogP contribution in [0.15, 0.2) is 0 Å². The fraction of sp³-hybridized carbons (Fsp3) is 0.917. The van der Waals surface area contributed by atoms with E-state index in [2.05, 4.69) is 26.1 Å². The van der Waals surface area contributed by atoms with Crippen LogP contribution in [0.25, 0.3) is 0 Å². The van der Waals surface area contributed by atoms with E-state index in [-0.39, 0.29) is 17.9 Å². The van der Waals surface area contributed by atoms with Gasteiger partial charge in [0.25, 0.3) is 0 Å². The quantitative estimate of drug-likeness (QED) is 0.769. The van der Waals surface area contributed by atoms with Crippen LogP contribution in [0.5, 0.6) is 0 Å². The molecule has 16 heavy (non-hydrogen) atoms. The minimum absolute atomic E-state index is 0.141. The summed E-state index contributed by atoms with van der Waals surface area (Å²) >= 11 is 1.98. The topological polar surface area (TPSA) is 38.3 Å². The summed E-state index contributed by atoms with van der Waals surface area (Å²) in [5.74, 6) is 1.37. The Morgan fingerprint density at radius 1 is 1.50 bits per heavy atom. The van der Waals surface area contributed by atoms with E-state index in [1.165, 1.54) is 19.3 Å². The Morgan fingerprint density at radius 2 is 2.19 bits per heavy atom. The first-order chi connectivity index (χ1) is 7.56. The fourth-order valence-corrected chi connectivity index (χ4v) is 3.18. The molecule has 4 heteroatoms. The van der Waals surface area contributed by atoms with E-state index in [4.69, 9.17) is 4.74 Å². The largest absolute Gasteiger partial charge is 0.468 e. The standard InChI is InChI=1S/C12H23NO2S/c1-8(2)11(12(14)15-4)13-10-6-5-7-16-9(10)3/h8-11,13H,5-7H2,1-4H3. The summed E-state index contributed by atoms with van der Waals surface area (Å²) in [6.07, 6.45) is 2.40. The predicted molar refractivity (Wildman–Crippen MR) is 68.7 cm³/mol. The second kappa shape index (κ2) is 6.50. The van der Waals surface area contributed by atoms with Crippen molar-refractivity contribution in [1.29, 1.82) is 0 Å². The van der Waals surface area contributed by atoms with E-state index in [1.54, 1.807) is 0 Å². The van der Waals surface area contributed by atoms with Gasteiger partial charge in [-0.2, -0.15) is 11.8 Å². The summed E-state index contributed by atoms with van der Waals surface area (Å²) in [5.41, 5.74) is 0. The van der Waals surface area contributed by atoms with Gasteiger partial charge in [0.05, 0.1) is 7.11 Å². The molecular weight excluding hydrogens is 222 g/mol. The van der Waals surface area contributed by atoms with Crippen molar-refractivity contribution < 1.29 is 9.53 Å². The molecule has 0 saturated carbocycles. The summed E-state index contributed by atoms with van der Waals surface area (Å²) in [5, 5.41) is 4.04. The van der Waals surface area contributed by atoms with E-state index >= 15 is 0 Å². The molecule has 1 aliphatic heterocycles. The number of thioether (sulfide) groups is 1. The zero-order valence-electron chi connectivity index (χ0n) is 10.7. The minimum atomic E-state index is -0.170. The van der Waals surface area contributed by atoms with E-state index < -0.39 is 0 Å². The molecule has 1 aliphatic rings. The number of carbonyl (C=O) groups excluding carboxylic acids is 1. The predicted octanol–water partition coefficient (Wildman–Crippen LogP) is 2.06. The molecule has 1 fully saturated rings. The van der Waals surface area contributed by atoms with Crippen LogP contribution >= 0.6 is 11.8 Å². The third-order valence-corrected chi connectivity index (χ3v) is 4.50. The lowest BCUT2D eigenvalue weighted by molar-refractivity contribution is -0.144. The van der Waals surface area contributed by atoms with Crippen molar-refractivity contribution in [3.63, 3.8) is 0 Å². The molecule has 0 bridgehead atoms. The van der Waals surface area contributed by atoms with Gasteiger partial charge in [0.2, 0.25) is 0 Å². The van der Waals surface area contributed by atoms with Gasteiger partial charge in [-0.15, -0.1) is 0 Å². The Morgan fingerprint density at radius 3 is 2.69 bits per heavy atom. The van der Waals surface area contributed by atoms with Crippen molar-refractivity contribution in [3.8, 4) is 0 Å². The summed E-state index contributed by atoms with van der Waals surface area (Å²) in [4.78, 5) is 11.6. The van der Waals surface area contributed by atoms with E-state index in [0.717, 1.165) is 6.42 Å². The molecule has 0 spiro atoms. The van der Waals surface area contributed by atoms with Crippen LogP contribution in [0, 0.1) is 5.92 Å². The molecule has 1 N–H and O–H groups in total. The second-order valence-electron chi connectivity index (χ2n) is 4.74. The zero-order chi connectivity index (χ0) is 12.1. The Balaban J connectivity index is 2.56. The molecule has 3 nitrogen and oxygen atoms in total. The molecule has 94 valence electrons. The van der Waals surface area contributed by atoms with Gasteiger partial charge in [-0.05, 0) is 24.5 Å². The van der Waals surface area contributed by atoms with Gasteiger partial charge < -0.3 is 10.1 Å². The average molecular weight is 245 g/mol. The van der Waals surface area contributed by atoms with Crippen molar-refractivity contribution in [2.75, 3.05) is 12.9 Å². The van der Waals surface area contributed by atoms with Crippen molar-refractivity contribution in [1.82, 2.24) is 5.32 Å². The highest BCUT2D eigenvalue weighted by molar-refractivity contribution is 7.99. The molecule has 0 aromatic carbocycles. The van der Waals surface area contributed by atoms with Crippen LogP contribution < -0.4 is 5.32 Å². The van der Waals surface area contributed by atoms with Crippen LogP contribution in [-0.2, 0) is 9.53 Å². The third kappa shape index (κ3) is 3.67. The van der Waals surface area contributed by atoms with E-state index in [1.807, 2.05) is 11.8 Å². The molecule has 0 radical (unpaired) electrons. The van der Waals surface area contributed by atoms with Crippen molar-refractivity contribution in [2.24, 2.45) is 5.92 Å². The lowest BCUT2D eigenvalue weighted by Crippen LogP contribution is -2.51. The number of esters is 1. The first-order valence-electron chi connectivity index (χ1n) is 6.01. The Kier molecular flexibility index (Phi) is 5.62. The van der Waals surface area contributed by atoms with Crippen molar-refractivity contribution in [3.05, 3.63) is 0 Å². The highest BCUT2D eigenvalue weighted by Gasteiger charge is 2.29. The maximum atomic E-state index is 11.6. The van der Waals surface area contributed by atoms with Crippen LogP contribution in [-0.4, -0.2) is 36.2 Å². The van der Waals surface area contributed by atoms with E-state index in [9.17, 15) is 4.79 Å². The van der Waals surface area contributed by atoms with Gasteiger partial charge in [0.1, 0.15) is 6.04 Å². The fourth-order valence-electron chi connectivity index (χ4n) is 2.03. The molecule has 0 aliphatic carbocycles. The smallest absolute Gasteiger partial charge is 0.323 e. The molecule has 0 aromatic heterocycles. The number of carbonyl (C=O) groups is 1. The zero-order valence-corrected chi connectivity index (χ0v) is 11.5. The summed E-state index contributed by atoms with van der Waals surface area (Å²) in [6, 6.07) is 0.265. The SMILES string of the molecule is COC(=O)C(NC1CCCSC1C)C(C)C. The number of nitrogens with one attached hydrogen (secondary N) is 1. The molecule has 1 rings (SSSR count). The van der Waals surface area contributed by atoms with Gasteiger partial charge in [0.15, 0.2) is 0 Å². The molecule has 0 amide bonds. The maximum Gasteiger partial charge on any atom is 0.323 e. The van der Waals surface area contributed by atoms with Crippen LogP contribution in [0.4, 0.5) is 0 Å².